The monoisotopic (exact) mass is 291 g/mol. The third-order valence-corrected chi connectivity index (χ3v) is 4.26. The molecular weight excluding hydrogens is 275 g/mol. The lowest BCUT2D eigenvalue weighted by molar-refractivity contribution is -0.274. The van der Waals surface area contributed by atoms with Crippen molar-refractivity contribution in [2.45, 2.75) is 31.0 Å². The number of halogens is 3. The Balaban J connectivity index is 1.81. The number of alkyl halides is 3. The number of thioether (sulfide) groups is 1. The van der Waals surface area contributed by atoms with Gasteiger partial charge in [-0.2, -0.15) is 11.8 Å². The van der Waals surface area contributed by atoms with Crippen molar-refractivity contribution in [1.82, 2.24) is 5.32 Å². The number of nitrogens with one attached hydrogen (secondary N) is 1. The molecule has 0 aliphatic carbocycles. The van der Waals surface area contributed by atoms with Gasteiger partial charge in [-0.1, -0.05) is 12.1 Å². The zero-order chi connectivity index (χ0) is 13.7. The van der Waals surface area contributed by atoms with E-state index in [0.29, 0.717) is 11.8 Å². The van der Waals surface area contributed by atoms with Crippen LogP contribution in [0.5, 0.6) is 5.75 Å². The van der Waals surface area contributed by atoms with Crippen LogP contribution in [0.1, 0.15) is 18.4 Å². The van der Waals surface area contributed by atoms with Gasteiger partial charge in [-0.15, -0.1) is 13.2 Å². The summed E-state index contributed by atoms with van der Waals surface area (Å²) in [5.74, 6) is 1.04. The zero-order valence-corrected chi connectivity index (χ0v) is 11.2. The smallest absolute Gasteiger partial charge is 0.406 e. The van der Waals surface area contributed by atoms with Gasteiger partial charge in [0.15, 0.2) is 0 Å². The second kappa shape index (κ2) is 6.52. The molecule has 0 radical (unpaired) electrons. The molecule has 6 heteroatoms. The van der Waals surface area contributed by atoms with Gasteiger partial charge in [-0.25, -0.2) is 0 Å². The maximum Gasteiger partial charge on any atom is 0.573 e. The number of ether oxygens (including phenoxy) is 1. The first-order valence-corrected chi connectivity index (χ1v) is 7.25. The van der Waals surface area contributed by atoms with E-state index >= 15 is 0 Å². The molecule has 0 bridgehead atoms. The summed E-state index contributed by atoms with van der Waals surface area (Å²) in [6.07, 6.45) is -2.16. The van der Waals surface area contributed by atoms with Crippen LogP contribution in [0.15, 0.2) is 24.3 Å². The molecule has 0 amide bonds. The van der Waals surface area contributed by atoms with Gasteiger partial charge in [0.1, 0.15) is 5.75 Å². The largest absolute Gasteiger partial charge is 0.573 e. The fraction of sp³-hybridized carbons (Fsp3) is 0.538. The predicted molar refractivity (Wildman–Crippen MR) is 70.3 cm³/mol. The molecule has 106 valence electrons. The van der Waals surface area contributed by atoms with E-state index < -0.39 is 6.36 Å². The Kier molecular flexibility index (Phi) is 4.99. The fourth-order valence-corrected chi connectivity index (χ4v) is 3.27. The minimum absolute atomic E-state index is 0.165. The summed E-state index contributed by atoms with van der Waals surface area (Å²) in [5.41, 5.74) is 0.796. The zero-order valence-electron chi connectivity index (χ0n) is 10.4. The number of hydrogen-bond acceptors (Lipinski definition) is 3. The van der Waals surface area contributed by atoms with Gasteiger partial charge in [-0.05, 0) is 36.3 Å². The Morgan fingerprint density at radius 1 is 1.37 bits per heavy atom. The lowest BCUT2D eigenvalue weighted by Gasteiger charge is -2.12. The second-order valence-electron chi connectivity index (χ2n) is 4.46. The van der Waals surface area contributed by atoms with Gasteiger partial charge >= 0.3 is 6.36 Å². The van der Waals surface area contributed by atoms with Crippen molar-refractivity contribution in [1.29, 1.82) is 0 Å². The molecule has 1 unspecified atom stereocenters. The molecule has 1 atom stereocenters. The van der Waals surface area contributed by atoms with Crippen LogP contribution in [-0.4, -0.2) is 23.9 Å². The van der Waals surface area contributed by atoms with Gasteiger partial charge in [0.05, 0.1) is 0 Å². The summed E-state index contributed by atoms with van der Waals surface area (Å²) in [6, 6.07) is 6.09. The highest BCUT2D eigenvalue weighted by Crippen LogP contribution is 2.26. The first-order chi connectivity index (χ1) is 9.03. The molecule has 0 spiro atoms. The lowest BCUT2D eigenvalue weighted by atomic mass is 10.2. The lowest BCUT2D eigenvalue weighted by Crippen LogP contribution is -2.22. The first-order valence-electron chi connectivity index (χ1n) is 6.20. The number of rotatable bonds is 5. The average Bonchev–Trinajstić information content (AvgIpc) is 2.80. The quantitative estimate of drug-likeness (QED) is 0.896. The van der Waals surface area contributed by atoms with Crippen molar-refractivity contribution < 1.29 is 17.9 Å². The summed E-state index contributed by atoms with van der Waals surface area (Å²) in [7, 11) is 0. The average molecular weight is 291 g/mol. The number of benzene rings is 1. The van der Waals surface area contributed by atoms with Gasteiger partial charge < -0.3 is 10.1 Å². The van der Waals surface area contributed by atoms with E-state index in [9.17, 15) is 13.2 Å². The molecule has 1 fully saturated rings. The van der Waals surface area contributed by atoms with E-state index in [-0.39, 0.29) is 5.75 Å². The van der Waals surface area contributed by atoms with Crippen LogP contribution in [0, 0.1) is 0 Å². The Labute approximate surface area is 114 Å². The normalized spacial score (nSPS) is 19.6. The second-order valence-corrected chi connectivity index (χ2v) is 5.87. The van der Waals surface area contributed by atoms with E-state index in [0.717, 1.165) is 12.1 Å². The van der Waals surface area contributed by atoms with Crippen molar-refractivity contribution >= 4 is 11.8 Å². The summed E-state index contributed by atoms with van der Waals surface area (Å²) >= 11 is 1.95. The van der Waals surface area contributed by atoms with Crippen molar-refractivity contribution in [2.24, 2.45) is 0 Å². The molecule has 1 saturated heterocycles. The summed E-state index contributed by atoms with van der Waals surface area (Å²) < 4.78 is 40.2. The predicted octanol–water partition coefficient (Wildman–Crippen LogP) is 3.57. The van der Waals surface area contributed by atoms with E-state index in [1.54, 1.807) is 12.1 Å². The van der Waals surface area contributed by atoms with Crippen LogP contribution in [0.2, 0.25) is 0 Å². The molecule has 0 saturated carbocycles. The molecule has 2 rings (SSSR count). The molecule has 1 N–H and O–H groups in total. The van der Waals surface area contributed by atoms with Crippen molar-refractivity contribution in [3.05, 3.63) is 29.8 Å². The summed E-state index contributed by atoms with van der Waals surface area (Å²) in [4.78, 5) is 0. The Morgan fingerprint density at radius 3 is 2.89 bits per heavy atom. The maximum atomic E-state index is 12.1. The van der Waals surface area contributed by atoms with Crippen molar-refractivity contribution in [2.75, 3.05) is 12.3 Å². The minimum atomic E-state index is -4.63. The molecule has 1 aliphatic rings. The third-order valence-electron chi connectivity index (χ3n) is 2.86. The van der Waals surface area contributed by atoms with E-state index in [1.807, 2.05) is 11.8 Å². The summed E-state index contributed by atoms with van der Waals surface area (Å²) in [5, 5.41) is 3.91. The summed E-state index contributed by atoms with van der Waals surface area (Å²) in [6.45, 7) is 1.46. The van der Waals surface area contributed by atoms with Gasteiger partial charge in [0.2, 0.25) is 0 Å². The maximum absolute atomic E-state index is 12.1. The Hall–Kier alpha value is -0.880. The van der Waals surface area contributed by atoms with Crippen LogP contribution in [0.3, 0.4) is 0 Å². The fourth-order valence-electron chi connectivity index (χ4n) is 2.04. The molecular formula is C13H16F3NOS. The molecule has 19 heavy (non-hydrogen) atoms. The SMILES string of the molecule is FC(F)(F)Oc1cccc(CNCC2CCCS2)c1. The van der Waals surface area contributed by atoms with Gasteiger partial charge in [-0.3, -0.25) is 0 Å². The van der Waals surface area contributed by atoms with E-state index in [2.05, 4.69) is 10.1 Å². The van der Waals surface area contributed by atoms with Crippen molar-refractivity contribution in [3.8, 4) is 5.75 Å². The molecule has 2 nitrogen and oxygen atoms in total. The minimum Gasteiger partial charge on any atom is -0.406 e. The molecule has 1 aromatic carbocycles. The highest BCUT2D eigenvalue weighted by Gasteiger charge is 2.31. The van der Waals surface area contributed by atoms with E-state index in [4.69, 9.17) is 0 Å². The third kappa shape index (κ3) is 5.32. The van der Waals surface area contributed by atoms with E-state index in [1.165, 1.54) is 30.7 Å². The van der Waals surface area contributed by atoms with Gasteiger partial charge in [0.25, 0.3) is 0 Å². The topological polar surface area (TPSA) is 21.3 Å². The molecule has 1 aromatic rings. The van der Waals surface area contributed by atoms with Crippen LogP contribution in [-0.2, 0) is 6.54 Å². The standard InChI is InChI=1S/C13H16F3NOS/c14-13(15,16)18-11-4-1-3-10(7-11)8-17-9-12-5-2-6-19-12/h1,3-4,7,12,17H,2,5-6,8-9H2. The van der Waals surface area contributed by atoms with Gasteiger partial charge in [0, 0.05) is 18.3 Å². The molecule has 1 heterocycles. The first kappa shape index (κ1) is 14.5. The highest BCUT2D eigenvalue weighted by molar-refractivity contribution is 8.00. The van der Waals surface area contributed by atoms with Crippen LogP contribution < -0.4 is 10.1 Å². The van der Waals surface area contributed by atoms with Crippen LogP contribution in [0.4, 0.5) is 13.2 Å². The molecule has 1 aliphatic heterocycles. The Morgan fingerprint density at radius 2 is 2.21 bits per heavy atom. The van der Waals surface area contributed by atoms with Crippen molar-refractivity contribution in [3.63, 3.8) is 0 Å². The Bertz CT molecular complexity index is 405. The highest BCUT2D eigenvalue weighted by atomic mass is 32.2. The van der Waals surface area contributed by atoms with Crippen LogP contribution in [0.25, 0.3) is 0 Å². The van der Waals surface area contributed by atoms with Crippen LogP contribution >= 0.6 is 11.8 Å². The number of hydrogen-bond donors (Lipinski definition) is 1. The molecule has 0 aromatic heterocycles.